The number of nitrogens with one attached hydrogen (secondary N) is 2. The SMILES string of the molecule is Cc1cc(Cl)ccc1NC(=O)Nc1ccc(C(C)C)cc1. The largest absolute Gasteiger partial charge is 0.323 e. The van der Waals surface area contributed by atoms with Crippen LogP contribution in [0.2, 0.25) is 5.02 Å². The fraction of sp³-hybridized carbons (Fsp3) is 0.235. The number of rotatable bonds is 3. The van der Waals surface area contributed by atoms with Crippen molar-refractivity contribution in [3.05, 3.63) is 58.6 Å². The number of aryl methyl sites for hydroxylation is 1. The maximum absolute atomic E-state index is 12.0. The molecule has 110 valence electrons. The zero-order valence-corrected chi connectivity index (χ0v) is 13.2. The van der Waals surface area contributed by atoms with E-state index < -0.39 is 0 Å². The van der Waals surface area contributed by atoms with Gasteiger partial charge in [-0.2, -0.15) is 0 Å². The highest BCUT2D eigenvalue weighted by Gasteiger charge is 2.06. The normalized spacial score (nSPS) is 10.5. The third-order valence-electron chi connectivity index (χ3n) is 3.27. The first-order valence-electron chi connectivity index (χ1n) is 6.90. The summed E-state index contributed by atoms with van der Waals surface area (Å²) in [7, 11) is 0. The van der Waals surface area contributed by atoms with Gasteiger partial charge in [-0.05, 0) is 54.3 Å². The Balaban J connectivity index is 2.01. The third-order valence-corrected chi connectivity index (χ3v) is 3.51. The monoisotopic (exact) mass is 302 g/mol. The summed E-state index contributed by atoms with van der Waals surface area (Å²) in [6.45, 7) is 6.18. The molecule has 0 aliphatic heterocycles. The lowest BCUT2D eigenvalue weighted by molar-refractivity contribution is 0.262. The second-order valence-corrected chi connectivity index (χ2v) is 5.75. The summed E-state index contributed by atoms with van der Waals surface area (Å²) in [6.07, 6.45) is 0. The fourth-order valence-electron chi connectivity index (χ4n) is 2.00. The van der Waals surface area contributed by atoms with Crippen molar-refractivity contribution < 1.29 is 4.79 Å². The van der Waals surface area contributed by atoms with Gasteiger partial charge in [-0.3, -0.25) is 0 Å². The molecule has 0 fully saturated rings. The number of hydrogen-bond donors (Lipinski definition) is 2. The van der Waals surface area contributed by atoms with Crippen molar-refractivity contribution in [2.24, 2.45) is 0 Å². The van der Waals surface area contributed by atoms with Gasteiger partial charge in [-0.25, -0.2) is 4.79 Å². The van der Waals surface area contributed by atoms with Crippen LogP contribution in [0.4, 0.5) is 16.2 Å². The lowest BCUT2D eigenvalue weighted by atomic mass is 10.0. The Morgan fingerprint density at radius 2 is 1.71 bits per heavy atom. The topological polar surface area (TPSA) is 41.1 Å². The van der Waals surface area contributed by atoms with Crippen molar-refractivity contribution in [3.8, 4) is 0 Å². The zero-order valence-electron chi connectivity index (χ0n) is 12.4. The highest BCUT2D eigenvalue weighted by Crippen LogP contribution is 2.20. The molecule has 2 amide bonds. The van der Waals surface area contributed by atoms with Crippen LogP contribution in [-0.4, -0.2) is 6.03 Å². The maximum atomic E-state index is 12.0. The predicted molar refractivity (Wildman–Crippen MR) is 89.4 cm³/mol. The first-order chi connectivity index (χ1) is 9.95. The summed E-state index contributed by atoms with van der Waals surface area (Å²) >= 11 is 5.90. The standard InChI is InChI=1S/C17H19ClN2O/c1-11(2)13-4-7-15(8-5-13)19-17(21)20-16-9-6-14(18)10-12(16)3/h4-11H,1-3H3,(H2,19,20,21). The number of anilines is 2. The number of halogens is 1. The average molecular weight is 303 g/mol. The van der Waals surface area contributed by atoms with E-state index in [0.29, 0.717) is 10.9 Å². The van der Waals surface area contributed by atoms with Crippen LogP contribution in [0.25, 0.3) is 0 Å². The summed E-state index contributed by atoms with van der Waals surface area (Å²) in [6, 6.07) is 12.9. The van der Waals surface area contributed by atoms with E-state index in [1.54, 1.807) is 12.1 Å². The number of amides is 2. The molecule has 2 aromatic rings. The molecule has 0 heterocycles. The Morgan fingerprint density at radius 3 is 2.29 bits per heavy atom. The summed E-state index contributed by atoms with van der Waals surface area (Å²) < 4.78 is 0. The van der Waals surface area contributed by atoms with E-state index in [1.807, 2.05) is 37.3 Å². The molecule has 0 radical (unpaired) electrons. The van der Waals surface area contributed by atoms with Crippen molar-refractivity contribution in [2.75, 3.05) is 10.6 Å². The lowest BCUT2D eigenvalue weighted by Gasteiger charge is -2.11. The van der Waals surface area contributed by atoms with Gasteiger partial charge in [-0.1, -0.05) is 37.6 Å². The highest BCUT2D eigenvalue weighted by molar-refractivity contribution is 6.30. The molecule has 0 aromatic heterocycles. The summed E-state index contributed by atoms with van der Waals surface area (Å²) in [5, 5.41) is 6.29. The smallest absolute Gasteiger partial charge is 0.308 e. The van der Waals surface area contributed by atoms with E-state index in [9.17, 15) is 4.79 Å². The maximum Gasteiger partial charge on any atom is 0.323 e. The first-order valence-corrected chi connectivity index (χ1v) is 7.27. The van der Waals surface area contributed by atoms with Crippen LogP contribution >= 0.6 is 11.6 Å². The second-order valence-electron chi connectivity index (χ2n) is 5.32. The molecular weight excluding hydrogens is 284 g/mol. The minimum Gasteiger partial charge on any atom is -0.308 e. The van der Waals surface area contributed by atoms with Gasteiger partial charge in [0.05, 0.1) is 0 Å². The average Bonchev–Trinajstić information content (AvgIpc) is 2.42. The Hall–Kier alpha value is -2.00. The molecule has 21 heavy (non-hydrogen) atoms. The molecular formula is C17H19ClN2O. The molecule has 0 saturated carbocycles. The van der Waals surface area contributed by atoms with Crippen molar-refractivity contribution in [3.63, 3.8) is 0 Å². The van der Waals surface area contributed by atoms with E-state index >= 15 is 0 Å². The minimum absolute atomic E-state index is 0.266. The van der Waals surface area contributed by atoms with Gasteiger partial charge in [0.25, 0.3) is 0 Å². The molecule has 0 bridgehead atoms. The van der Waals surface area contributed by atoms with Gasteiger partial charge < -0.3 is 10.6 Å². The zero-order chi connectivity index (χ0) is 15.4. The Morgan fingerprint density at radius 1 is 1.05 bits per heavy atom. The third kappa shape index (κ3) is 4.23. The van der Waals surface area contributed by atoms with Crippen LogP contribution in [0.15, 0.2) is 42.5 Å². The summed E-state index contributed by atoms with van der Waals surface area (Å²) in [4.78, 5) is 12.0. The number of urea groups is 1. The number of carbonyl (C=O) groups is 1. The highest BCUT2D eigenvalue weighted by atomic mass is 35.5. The van der Waals surface area contributed by atoms with Gasteiger partial charge in [0, 0.05) is 16.4 Å². The molecule has 2 aromatic carbocycles. The predicted octanol–water partition coefficient (Wildman–Crippen LogP) is 5.42. The van der Waals surface area contributed by atoms with E-state index in [4.69, 9.17) is 11.6 Å². The number of carbonyl (C=O) groups excluding carboxylic acids is 1. The van der Waals surface area contributed by atoms with Crippen molar-refractivity contribution >= 4 is 29.0 Å². The molecule has 0 aliphatic rings. The molecule has 2 N–H and O–H groups in total. The molecule has 2 rings (SSSR count). The lowest BCUT2D eigenvalue weighted by Crippen LogP contribution is -2.19. The van der Waals surface area contributed by atoms with E-state index in [2.05, 4.69) is 24.5 Å². The van der Waals surface area contributed by atoms with E-state index in [-0.39, 0.29) is 6.03 Å². The molecule has 0 saturated heterocycles. The number of hydrogen-bond acceptors (Lipinski definition) is 1. The van der Waals surface area contributed by atoms with Crippen LogP contribution in [0.1, 0.15) is 30.9 Å². The van der Waals surface area contributed by atoms with Crippen LogP contribution in [0, 0.1) is 6.92 Å². The number of benzene rings is 2. The second kappa shape index (κ2) is 6.64. The Bertz CT molecular complexity index is 636. The quantitative estimate of drug-likeness (QED) is 0.781. The van der Waals surface area contributed by atoms with E-state index in [1.165, 1.54) is 5.56 Å². The summed E-state index contributed by atoms with van der Waals surface area (Å²) in [5.41, 5.74) is 3.68. The first kappa shape index (κ1) is 15.4. The minimum atomic E-state index is -0.266. The van der Waals surface area contributed by atoms with Gasteiger partial charge in [0.15, 0.2) is 0 Å². The fourth-order valence-corrected chi connectivity index (χ4v) is 2.23. The molecule has 4 heteroatoms. The van der Waals surface area contributed by atoms with Crippen molar-refractivity contribution in [1.82, 2.24) is 0 Å². The molecule has 3 nitrogen and oxygen atoms in total. The van der Waals surface area contributed by atoms with Crippen LogP contribution in [0.3, 0.4) is 0 Å². The molecule has 0 spiro atoms. The van der Waals surface area contributed by atoms with Crippen LogP contribution in [-0.2, 0) is 0 Å². The molecule has 0 aliphatic carbocycles. The van der Waals surface area contributed by atoms with Crippen molar-refractivity contribution in [2.45, 2.75) is 26.7 Å². The van der Waals surface area contributed by atoms with Crippen molar-refractivity contribution in [1.29, 1.82) is 0 Å². The summed E-state index contributed by atoms with van der Waals surface area (Å²) in [5.74, 6) is 0.476. The Labute approximate surface area is 130 Å². The van der Waals surface area contributed by atoms with Gasteiger partial charge >= 0.3 is 6.03 Å². The van der Waals surface area contributed by atoms with Crippen LogP contribution in [0.5, 0.6) is 0 Å². The molecule has 0 unspecified atom stereocenters. The van der Waals surface area contributed by atoms with Crippen LogP contribution < -0.4 is 10.6 Å². The molecule has 0 atom stereocenters. The van der Waals surface area contributed by atoms with E-state index in [0.717, 1.165) is 16.9 Å². The van der Waals surface area contributed by atoms with Gasteiger partial charge in [-0.15, -0.1) is 0 Å². The Kier molecular flexibility index (Phi) is 4.86. The van der Waals surface area contributed by atoms with Gasteiger partial charge in [0.2, 0.25) is 0 Å². The van der Waals surface area contributed by atoms with Gasteiger partial charge in [0.1, 0.15) is 0 Å².